The summed E-state index contributed by atoms with van der Waals surface area (Å²) in [6.45, 7) is 16.6. The van der Waals surface area contributed by atoms with E-state index >= 15 is 0 Å². The zero-order valence-corrected chi connectivity index (χ0v) is 46.2. The van der Waals surface area contributed by atoms with E-state index in [1.807, 2.05) is 112 Å². The summed E-state index contributed by atoms with van der Waals surface area (Å²) < 4.78 is 0. The number of para-hydroxylation sites is 4. The average molecular weight is 1060 g/mol. The summed E-state index contributed by atoms with van der Waals surface area (Å²) in [6, 6.07) is 57.6. The van der Waals surface area contributed by atoms with Crippen LogP contribution in [-0.4, -0.2) is 76.1 Å². The normalized spacial score (nSPS) is 10.5. The molecule has 8 aromatic heterocycles. The van der Waals surface area contributed by atoms with Gasteiger partial charge in [-0.15, -0.1) is 0 Å². The minimum absolute atomic E-state index is 0.922. The highest BCUT2D eigenvalue weighted by Gasteiger charge is 2.01. The zero-order chi connectivity index (χ0) is 55.8. The zero-order valence-electron chi connectivity index (χ0n) is 46.2. The van der Waals surface area contributed by atoms with Crippen LogP contribution in [0.2, 0.25) is 0 Å². The van der Waals surface area contributed by atoms with E-state index in [1.54, 1.807) is 6.33 Å². The molecule has 16 rings (SSSR count). The first-order valence-corrected chi connectivity index (χ1v) is 26.3. The Kier molecular flexibility index (Phi) is 17.7. The molecule has 0 unspecified atom stereocenters. The van der Waals surface area contributed by atoms with Gasteiger partial charge in [-0.2, -0.15) is 46.2 Å². The van der Waals surface area contributed by atoms with E-state index in [1.165, 1.54) is 77.0 Å². The number of benzene rings is 8. The molecule has 0 bridgehead atoms. The van der Waals surface area contributed by atoms with E-state index in [4.69, 9.17) is 0 Å². The second-order valence-corrected chi connectivity index (χ2v) is 19.4. The fourth-order valence-corrected chi connectivity index (χ4v) is 8.90. The summed E-state index contributed by atoms with van der Waals surface area (Å²) in [4.78, 5) is 19.9. The molecule has 0 aliphatic heterocycles. The highest BCUT2D eigenvalue weighted by atomic mass is 15.3. The van der Waals surface area contributed by atoms with Gasteiger partial charge in [-0.25, -0.2) is 4.98 Å². The summed E-state index contributed by atoms with van der Waals surface area (Å²) in [6.07, 6.45) is 9.58. The van der Waals surface area contributed by atoms with Gasteiger partial charge in [0.25, 0.3) is 0 Å². The number of aromatic nitrogens is 15. The van der Waals surface area contributed by atoms with Crippen LogP contribution in [0, 0.1) is 55.4 Å². The first kappa shape index (κ1) is 54.4. The molecule has 80 heavy (non-hydrogen) atoms. The van der Waals surface area contributed by atoms with Crippen molar-refractivity contribution in [1.29, 1.82) is 0 Å². The molecule has 0 saturated heterocycles. The van der Waals surface area contributed by atoms with Crippen LogP contribution in [-0.2, 0) is 0 Å². The van der Waals surface area contributed by atoms with Crippen molar-refractivity contribution in [3.8, 4) is 0 Å². The SMILES string of the molecule is Cc1ccc2[nH]ccc2c1.Cc1ccc2cc[nH]c2c1.Cc1ccc2n[nH]nc2c1.Cc1cccc2[nH]ccc12.Cc1cccc2[nH]cnc12.Cc1cccc2cc[nH]c12.Cc1cccc2n[nH]nc12.Cc1cccc2n[nH]nc12. The minimum Gasteiger partial charge on any atom is -0.361 e. The quantitative estimate of drug-likeness (QED) is 0.0734. The third-order valence-electron chi connectivity index (χ3n) is 13.2. The second-order valence-electron chi connectivity index (χ2n) is 19.4. The third-order valence-corrected chi connectivity index (χ3v) is 13.2. The van der Waals surface area contributed by atoms with Crippen LogP contribution in [0.25, 0.3) is 87.7 Å². The number of nitrogens with one attached hydrogen (secondary N) is 8. The van der Waals surface area contributed by atoms with E-state index in [0.29, 0.717) is 0 Å². The van der Waals surface area contributed by atoms with Gasteiger partial charge in [0.15, 0.2) is 0 Å². The molecule has 15 heteroatoms. The first-order valence-electron chi connectivity index (χ1n) is 26.3. The number of rotatable bonds is 0. The topological polar surface area (TPSA) is 217 Å². The Morgan fingerprint density at radius 3 is 1.50 bits per heavy atom. The van der Waals surface area contributed by atoms with Gasteiger partial charge in [-0.05, 0) is 189 Å². The van der Waals surface area contributed by atoms with Crippen LogP contribution in [0.4, 0.5) is 0 Å². The number of H-pyrrole nitrogens is 8. The third kappa shape index (κ3) is 13.9. The first-order chi connectivity index (χ1) is 39.0. The number of imidazole rings is 1. The number of hydrogen-bond acceptors (Lipinski definition) is 7. The molecule has 0 atom stereocenters. The number of hydrogen-bond donors (Lipinski definition) is 8. The molecular formula is C65H65N15. The maximum atomic E-state index is 4.16. The molecule has 16 aromatic rings. The average Bonchev–Trinajstić information content (AvgIpc) is 4.31. The van der Waals surface area contributed by atoms with E-state index in [-0.39, 0.29) is 0 Å². The molecule has 0 aliphatic carbocycles. The predicted octanol–water partition coefficient (Wildman–Crippen LogP) is 15.6. The summed E-state index contributed by atoms with van der Waals surface area (Å²) in [5.74, 6) is 0. The molecule has 0 fully saturated rings. The lowest BCUT2D eigenvalue weighted by Gasteiger charge is -1.92. The monoisotopic (exact) mass is 1060 g/mol. The highest BCUT2D eigenvalue weighted by Crippen LogP contribution is 2.19. The van der Waals surface area contributed by atoms with Crippen molar-refractivity contribution in [2.45, 2.75) is 55.4 Å². The molecule has 8 aromatic carbocycles. The molecule has 0 amide bonds. The molecule has 8 heterocycles. The summed E-state index contributed by atoms with van der Waals surface area (Å²) in [5.41, 5.74) is 22.7. The van der Waals surface area contributed by atoms with Crippen molar-refractivity contribution in [2.75, 3.05) is 0 Å². The smallest absolute Gasteiger partial charge is 0.115 e. The van der Waals surface area contributed by atoms with Crippen LogP contribution >= 0.6 is 0 Å². The maximum absolute atomic E-state index is 4.16. The number of aryl methyl sites for hydroxylation is 8. The minimum atomic E-state index is 0.922. The fraction of sp³-hybridized carbons (Fsp3) is 0.123. The van der Waals surface area contributed by atoms with Crippen molar-refractivity contribution in [2.24, 2.45) is 0 Å². The molecule has 0 aliphatic rings. The second kappa shape index (κ2) is 26.1. The van der Waals surface area contributed by atoms with Crippen LogP contribution in [0.3, 0.4) is 0 Å². The molecule has 15 nitrogen and oxygen atoms in total. The molecule has 400 valence electrons. The van der Waals surface area contributed by atoms with E-state index in [9.17, 15) is 0 Å². The molecule has 0 radical (unpaired) electrons. The number of fused-ring (bicyclic) bond motifs is 8. The van der Waals surface area contributed by atoms with Crippen LogP contribution < -0.4 is 0 Å². The molecule has 8 N–H and O–H groups in total. The molecule has 0 saturated carbocycles. The van der Waals surface area contributed by atoms with Gasteiger partial charge in [0.1, 0.15) is 33.1 Å². The fourth-order valence-electron chi connectivity index (χ4n) is 8.90. The van der Waals surface area contributed by atoms with Gasteiger partial charge < -0.3 is 24.9 Å². The Hall–Kier alpha value is -10.4. The largest absolute Gasteiger partial charge is 0.361 e. The Balaban J connectivity index is 0.000000111. The number of aromatic amines is 8. The molecule has 0 spiro atoms. The van der Waals surface area contributed by atoms with Gasteiger partial charge >= 0.3 is 0 Å². The lowest BCUT2D eigenvalue weighted by molar-refractivity contribution is 0.958. The lowest BCUT2D eigenvalue weighted by Crippen LogP contribution is -1.73. The van der Waals surface area contributed by atoms with Crippen molar-refractivity contribution < 1.29 is 0 Å². The van der Waals surface area contributed by atoms with E-state index in [2.05, 4.69) is 214 Å². The van der Waals surface area contributed by atoms with Gasteiger partial charge in [0.2, 0.25) is 0 Å². The van der Waals surface area contributed by atoms with Crippen molar-refractivity contribution in [3.63, 3.8) is 0 Å². The Morgan fingerprint density at radius 2 is 0.800 bits per heavy atom. The van der Waals surface area contributed by atoms with E-state index < -0.39 is 0 Å². The van der Waals surface area contributed by atoms with Gasteiger partial charge in [-0.1, -0.05) is 96.6 Å². The van der Waals surface area contributed by atoms with Gasteiger partial charge in [0.05, 0.1) is 17.4 Å². The Bertz CT molecular complexity index is 3920. The standard InChI is InChI=1S/4C9H9N.C8H8N2.3C7H7N3/c1-7-2-3-9-8(6-7)4-5-10-9;1-7-2-3-8-4-5-10-9(8)6-7;1-7-3-2-4-9-8(7)5-6-10-9;1-7-3-2-4-8-5-6-10-9(7)8;1-6-3-2-4-7-8(6)10-5-9-7;1-5-2-3-6-7(4-5)9-10-8-6;2*1-5-3-2-4-6-7(5)9-10-8-6/h4*2-6,10H,1H3;2-5H,1H3,(H,9,10);3*2-4H,1H3,(H,8,9,10). The van der Waals surface area contributed by atoms with Crippen molar-refractivity contribution in [3.05, 3.63) is 245 Å². The van der Waals surface area contributed by atoms with Crippen LogP contribution in [0.15, 0.2) is 201 Å². The van der Waals surface area contributed by atoms with Gasteiger partial charge in [0, 0.05) is 52.2 Å². The summed E-state index contributed by atoms with van der Waals surface area (Å²) in [7, 11) is 0. The van der Waals surface area contributed by atoms with Crippen molar-refractivity contribution in [1.82, 2.24) is 76.1 Å². The molecular weight excluding hydrogens is 991 g/mol. The van der Waals surface area contributed by atoms with Crippen molar-refractivity contribution >= 4 is 87.7 Å². The van der Waals surface area contributed by atoms with Crippen LogP contribution in [0.1, 0.15) is 44.5 Å². The maximum Gasteiger partial charge on any atom is 0.115 e. The van der Waals surface area contributed by atoms with Gasteiger partial charge in [-0.3, -0.25) is 0 Å². The van der Waals surface area contributed by atoms with E-state index in [0.717, 1.165) is 55.3 Å². The number of nitrogens with zero attached hydrogens (tertiary/aromatic N) is 7. The Morgan fingerprint density at radius 1 is 0.287 bits per heavy atom. The lowest BCUT2D eigenvalue weighted by atomic mass is 10.1. The summed E-state index contributed by atoms with van der Waals surface area (Å²) in [5, 5.41) is 36.6. The Labute approximate surface area is 462 Å². The van der Waals surface area contributed by atoms with Crippen LogP contribution in [0.5, 0.6) is 0 Å². The predicted molar refractivity (Wildman–Crippen MR) is 329 cm³/mol. The highest BCUT2D eigenvalue weighted by molar-refractivity contribution is 5.84. The summed E-state index contributed by atoms with van der Waals surface area (Å²) >= 11 is 0.